The van der Waals surface area contributed by atoms with Crippen LogP contribution in [0.5, 0.6) is 0 Å². The average molecular weight is 300 g/mol. The van der Waals surface area contributed by atoms with Gasteiger partial charge in [-0.25, -0.2) is 0 Å². The van der Waals surface area contributed by atoms with Crippen molar-refractivity contribution < 1.29 is 13.9 Å². The first-order valence-electron chi connectivity index (χ1n) is 7.56. The first kappa shape index (κ1) is 14.8. The van der Waals surface area contributed by atoms with E-state index in [1.54, 1.807) is 6.08 Å². The zero-order valence-electron chi connectivity index (χ0n) is 12.5. The van der Waals surface area contributed by atoms with Gasteiger partial charge in [0.15, 0.2) is 0 Å². The molecule has 3 rings (SSSR count). The monoisotopic (exact) mass is 300 g/mol. The van der Waals surface area contributed by atoms with Gasteiger partial charge in [0.2, 0.25) is 5.91 Å². The van der Waals surface area contributed by atoms with Gasteiger partial charge in [-0.2, -0.15) is 0 Å². The van der Waals surface area contributed by atoms with Gasteiger partial charge in [0.1, 0.15) is 11.3 Å². The molecule has 5 nitrogen and oxygen atoms in total. The van der Waals surface area contributed by atoms with Crippen molar-refractivity contribution in [3.8, 4) is 0 Å². The molecule has 0 unspecified atom stereocenters. The highest BCUT2D eigenvalue weighted by atomic mass is 16.5. The van der Waals surface area contributed by atoms with Gasteiger partial charge in [0.05, 0.1) is 13.2 Å². The molecule has 0 saturated carbocycles. The van der Waals surface area contributed by atoms with E-state index in [1.807, 2.05) is 30.3 Å². The number of ether oxygens (including phenoxy) is 1. The van der Waals surface area contributed by atoms with Crippen molar-refractivity contribution in [2.75, 3.05) is 39.4 Å². The Balaban J connectivity index is 1.46. The van der Waals surface area contributed by atoms with Crippen molar-refractivity contribution in [3.63, 3.8) is 0 Å². The molecule has 2 heterocycles. The van der Waals surface area contributed by atoms with Gasteiger partial charge in [-0.1, -0.05) is 18.2 Å². The summed E-state index contributed by atoms with van der Waals surface area (Å²) in [5, 5.41) is 3.92. The van der Waals surface area contributed by atoms with Crippen LogP contribution in [0, 0.1) is 0 Å². The molecule has 1 fully saturated rings. The van der Waals surface area contributed by atoms with Crippen LogP contribution in [0.15, 0.2) is 40.8 Å². The Morgan fingerprint density at radius 2 is 2.09 bits per heavy atom. The number of nitrogens with one attached hydrogen (secondary N) is 1. The van der Waals surface area contributed by atoms with E-state index in [4.69, 9.17) is 9.15 Å². The number of benzene rings is 1. The maximum Gasteiger partial charge on any atom is 0.244 e. The van der Waals surface area contributed by atoms with Crippen LogP contribution in [0.3, 0.4) is 0 Å². The minimum atomic E-state index is -0.103. The third kappa shape index (κ3) is 3.96. The van der Waals surface area contributed by atoms with Crippen molar-refractivity contribution in [2.45, 2.75) is 0 Å². The van der Waals surface area contributed by atoms with Crippen LogP contribution in [0.25, 0.3) is 17.0 Å². The van der Waals surface area contributed by atoms with Crippen LogP contribution in [0.4, 0.5) is 0 Å². The van der Waals surface area contributed by atoms with Crippen molar-refractivity contribution in [1.82, 2.24) is 10.2 Å². The van der Waals surface area contributed by atoms with E-state index in [0.29, 0.717) is 12.3 Å². The Bertz CT molecular complexity index is 624. The molecule has 0 atom stereocenters. The summed E-state index contributed by atoms with van der Waals surface area (Å²) in [6.45, 7) is 4.92. The molecule has 1 amide bonds. The predicted molar refractivity (Wildman–Crippen MR) is 85.5 cm³/mol. The van der Waals surface area contributed by atoms with Crippen LogP contribution in [0.2, 0.25) is 0 Å². The molecule has 1 saturated heterocycles. The molecule has 1 aromatic heterocycles. The summed E-state index contributed by atoms with van der Waals surface area (Å²) in [5.41, 5.74) is 0.829. The molecule has 1 N–H and O–H groups in total. The van der Waals surface area contributed by atoms with Crippen molar-refractivity contribution in [2.24, 2.45) is 0 Å². The van der Waals surface area contributed by atoms with Gasteiger partial charge in [-0.05, 0) is 18.2 Å². The molecule has 0 bridgehead atoms. The molecule has 1 aliphatic heterocycles. The fourth-order valence-corrected chi connectivity index (χ4v) is 2.46. The van der Waals surface area contributed by atoms with Crippen LogP contribution in [-0.2, 0) is 9.53 Å². The van der Waals surface area contributed by atoms with Gasteiger partial charge in [0, 0.05) is 37.6 Å². The average Bonchev–Trinajstić information content (AvgIpc) is 2.97. The number of carbonyl (C=O) groups excluding carboxylic acids is 1. The largest absolute Gasteiger partial charge is 0.457 e. The fraction of sp³-hybridized carbons (Fsp3) is 0.353. The Hall–Kier alpha value is -2.11. The van der Waals surface area contributed by atoms with Gasteiger partial charge in [-0.3, -0.25) is 9.69 Å². The van der Waals surface area contributed by atoms with Gasteiger partial charge < -0.3 is 14.5 Å². The Labute approximate surface area is 129 Å². The normalized spacial score (nSPS) is 16.4. The van der Waals surface area contributed by atoms with Crippen molar-refractivity contribution in [1.29, 1.82) is 0 Å². The van der Waals surface area contributed by atoms with Gasteiger partial charge in [0.25, 0.3) is 0 Å². The molecule has 22 heavy (non-hydrogen) atoms. The number of morpholine rings is 1. The number of nitrogens with zero attached hydrogens (tertiary/aromatic N) is 1. The number of para-hydroxylation sites is 1. The highest BCUT2D eigenvalue weighted by Gasteiger charge is 2.09. The number of carbonyl (C=O) groups is 1. The summed E-state index contributed by atoms with van der Waals surface area (Å²) in [7, 11) is 0. The molecule has 1 aromatic carbocycles. The number of hydrogen-bond donors (Lipinski definition) is 1. The van der Waals surface area contributed by atoms with Crippen LogP contribution >= 0.6 is 0 Å². The molecule has 2 aromatic rings. The minimum absolute atomic E-state index is 0.103. The molecule has 116 valence electrons. The minimum Gasteiger partial charge on any atom is -0.457 e. The lowest BCUT2D eigenvalue weighted by molar-refractivity contribution is -0.116. The van der Waals surface area contributed by atoms with Crippen molar-refractivity contribution >= 4 is 23.0 Å². The highest BCUT2D eigenvalue weighted by Crippen LogP contribution is 2.19. The lowest BCUT2D eigenvalue weighted by Crippen LogP contribution is -2.41. The SMILES string of the molecule is O=C(/C=C/c1cc2ccccc2o1)NCCN1CCOCC1. The second-order valence-corrected chi connectivity index (χ2v) is 5.26. The molecule has 5 heteroatoms. The second kappa shape index (κ2) is 7.24. The van der Waals surface area contributed by atoms with E-state index in [1.165, 1.54) is 6.08 Å². The summed E-state index contributed by atoms with van der Waals surface area (Å²) in [5.74, 6) is 0.582. The van der Waals surface area contributed by atoms with E-state index in [0.717, 1.165) is 43.8 Å². The third-order valence-corrected chi connectivity index (χ3v) is 3.67. The Kier molecular flexibility index (Phi) is 4.88. The van der Waals surface area contributed by atoms with Gasteiger partial charge in [-0.15, -0.1) is 0 Å². The first-order valence-corrected chi connectivity index (χ1v) is 7.56. The van der Waals surface area contributed by atoms with E-state index < -0.39 is 0 Å². The lowest BCUT2D eigenvalue weighted by atomic mass is 10.2. The maximum absolute atomic E-state index is 11.8. The summed E-state index contributed by atoms with van der Waals surface area (Å²) in [6.07, 6.45) is 3.21. The van der Waals surface area contributed by atoms with E-state index in [-0.39, 0.29) is 5.91 Å². The van der Waals surface area contributed by atoms with E-state index >= 15 is 0 Å². The summed E-state index contributed by atoms with van der Waals surface area (Å²) >= 11 is 0. The molecular weight excluding hydrogens is 280 g/mol. The zero-order chi connectivity index (χ0) is 15.2. The van der Waals surface area contributed by atoms with E-state index in [9.17, 15) is 4.79 Å². The summed E-state index contributed by atoms with van der Waals surface area (Å²) < 4.78 is 10.9. The Morgan fingerprint density at radius 1 is 1.27 bits per heavy atom. The number of rotatable bonds is 5. The quantitative estimate of drug-likeness (QED) is 0.857. The zero-order valence-corrected chi connectivity index (χ0v) is 12.5. The topological polar surface area (TPSA) is 54.7 Å². The summed E-state index contributed by atoms with van der Waals surface area (Å²) in [6, 6.07) is 9.71. The smallest absolute Gasteiger partial charge is 0.244 e. The second-order valence-electron chi connectivity index (χ2n) is 5.26. The number of fused-ring (bicyclic) bond motifs is 1. The molecule has 0 spiro atoms. The van der Waals surface area contributed by atoms with Gasteiger partial charge >= 0.3 is 0 Å². The summed E-state index contributed by atoms with van der Waals surface area (Å²) in [4.78, 5) is 14.1. The Morgan fingerprint density at radius 3 is 2.91 bits per heavy atom. The van der Waals surface area contributed by atoms with Crippen molar-refractivity contribution in [3.05, 3.63) is 42.2 Å². The van der Waals surface area contributed by atoms with E-state index in [2.05, 4.69) is 10.2 Å². The highest BCUT2D eigenvalue weighted by molar-refractivity contribution is 5.92. The molecule has 0 aliphatic carbocycles. The number of furan rings is 1. The lowest BCUT2D eigenvalue weighted by Gasteiger charge is -2.26. The molecule has 1 aliphatic rings. The van der Waals surface area contributed by atoms with Crippen LogP contribution in [0.1, 0.15) is 5.76 Å². The standard InChI is InChI=1S/C17H20N2O3/c20-17(18-7-8-19-9-11-21-12-10-19)6-5-15-13-14-3-1-2-4-16(14)22-15/h1-6,13H,7-12H2,(H,18,20)/b6-5+. The third-order valence-electron chi connectivity index (χ3n) is 3.67. The number of amides is 1. The molecule has 0 radical (unpaired) electrons. The predicted octanol–water partition coefficient (Wildman–Crippen LogP) is 1.89. The maximum atomic E-state index is 11.8. The number of hydrogen-bond acceptors (Lipinski definition) is 4. The fourth-order valence-electron chi connectivity index (χ4n) is 2.46. The first-order chi connectivity index (χ1) is 10.8. The van der Waals surface area contributed by atoms with Crippen LogP contribution in [-0.4, -0.2) is 50.2 Å². The molecular formula is C17H20N2O3. The van der Waals surface area contributed by atoms with Crippen LogP contribution < -0.4 is 5.32 Å².